The van der Waals surface area contributed by atoms with E-state index in [4.69, 9.17) is 9.72 Å². The highest BCUT2D eigenvalue weighted by Gasteiger charge is 2.36. The van der Waals surface area contributed by atoms with Crippen LogP contribution >= 0.6 is 11.3 Å². The van der Waals surface area contributed by atoms with Gasteiger partial charge in [-0.05, 0) is 37.1 Å². The Morgan fingerprint density at radius 3 is 2.75 bits per heavy atom. The van der Waals surface area contributed by atoms with Gasteiger partial charge in [-0.3, -0.25) is 14.5 Å². The highest BCUT2D eigenvalue weighted by Crippen LogP contribution is 2.37. The average molecular weight is 449 g/mol. The molecule has 1 N–H and O–H groups in total. The Hall–Kier alpha value is -3.23. The molecule has 1 fully saturated rings. The first-order chi connectivity index (χ1) is 15.6. The number of carbonyl (C=O) groups excluding carboxylic acids is 2. The lowest BCUT2D eigenvalue weighted by Crippen LogP contribution is -2.46. The minimum atomic E-state index is -0.434. The number of anilines is 3. The van der Waals surface area contributed by atoms with Crippen LogP contribution in [-0.4, -0.2) is 41.0 Å². The summed E-state index contributed by atoms with van der Waals surface area (Å²) >= 11 is 1.39. The molecule has 0 radical (unpaired) electrons. The molecule has 0 bridgehead atoms. The van der Waals surface area contributed by atoms with Crippen LogP contribution in [-0.2, 0) is 9.53 Å². The van der Waals surface area contributed by atoms with Crippen LogP contribution < -0.4 is 10.2 Å². The Bertz CT molecular complexity index is 1130. The molecule has 7 nitrogen and oxygen atoms in total. The third-order valence-electron chi connectivity index (χ3n) is 5.76. The second kappa shape index (κ2) is 8.72. The van der Waals surface area contributed by atoms with E-state index in [1.54, 1.807) is 9.80 Å². The first-order valence-electron chi connectivity index (χ1n) is 10.7. The van der Waals surface area contributed by atoms with Crippen molar-refractivity contribution in [2.45, 2.75) is 32.0 Å². The van der Waals surface area contributed by atoms with E-state index in [0.29, 0.717) is 22.9 Å². The van der Waals surface area contributed by atoms with Gasteiger partial charge >= 0.3 is 0 Å². The van der Waals surface area contributed by atoms with Crippen molar-refractivity contribution in [3.8, 4) is 0 Å². The molecule has 1 saturated heterocycles. The second-order valence-corrected chi connectivity index (χ2v) is 8.77. The van der Waals surface area contributed by atoms with Crippen LogP contribution in [0, 0.1) is 0 Å². The van der Waals surface area contributed by atoms with Crippen molar-refractivity contribution >= 4 is 39.7 Å². The lowest BCUT2D eigenvalue weighted by atomic mass is 10.1. The van der Waals surface area contributed by atoms with Crippen molar-refractivity contribution in [1.82, 2.24) is 9.88 Å². The molecule has 3 aromatic rings. The maximum absolute atomic E-state index is 13.4. The normalized spacial score (nSPS) is 20.0. The largest absolute Gasteiger partial charge is 0.376 e. The van der Waals surface area contributed by atoms with Crippen LogP contribution in [0.3, 0.4) is 0 Å². The topological polar surface area (TPSA) is 74.8 Å². The molecule has 0 aliphatic carbocycles. The molecule has 164 valence electrons. The number of ether oxygens (including phenoxy) is 1. The smallest absolute Gasteiger partial charge is 0.257 e. The third-order valence-corrected chi connectivity index (χ3v) is 6.60. The number of benzene rings is 2. The fraction of sp³-hybridized carbons (Fsp3) is 0.292. The SMILES string of the molecule is CC(=O)N(c1ccccc1)c1nc(C2Nc3ccccc3C(=O)N2CC2CCCO2)cs1. The zero-order chi connectivity index (χ0) is 22.1. The predicted octanol–water partition coefficient (Wildman–Crippen LogP) is 4.57. The molecule has 0 saturated carbocycles. The Morgan fingerprint density at radius 2 is 2.00 bits per heavy atom. The summed E-state index contributed by atoms with van der Waals surface area (Å²) in [6.45, 7) is 2.75. The van der Waals surface area contributed by atoms with E-state index in [-0.39, 0.29) is 17.9 Å². The molecule has 32 heavy (non-hydrogen) atoms. The van der Waals surface area contributed by atoms with E-state index in [2.05, 4.69) is 5.32 Å². The lowest BCUT2D eigenvalue weighted by molar-refractivity contribution is -0.115. The fourth-order valence-corrected chi connectivity index (χ4v) is 5.14. The monoisotopic (exact) mass is 448 g/mol. The molecule has 2 unspecified atom stereocenters. The summed E-state index contributed by atoms with van der Waals surface area (Å²) in [4.78, 5) is 34.0. The highest BCUT2D eigenvalue weighted by molar-refractivity contribution is 7.14. The number of hydrogen-bond acceptors (Lipinski definition) is 6. The number of rotatable bonds is 5. The van der Waals surface area contributed by atoms with Gasteiger partial charge in [-0.1, -0.05) is 30.3 Å². The van der Waals surface area contributed by atoms with Crippen molar-refractivity contribution in [3.05, 3.63) is 71.2 Å². The van der Waals surface area contributed by atoms with Gasteiger partial charge in [0.05, 0.1) is 23.0 Å². The number of amides is 2. The summed E-state index contributed by atoms with van der Waals surface area (Å²) in [7, 11) is 0. The molecule has 1 aromatic heterocycles. The van der Waals surface area contributed by atoms with Crippen molar-refractivity contribution in [2.75, 3.05) is 23.4 Å². The number of aromatic nitrogens is 1. The molecule has 5 rings (SSSR count). The summed E-state index contributed by atoms with van der Waals surface area (Å²) in [6, 6.07) is 17.0. The van der Waals surface area contributed by atoms with Crippen molar-refractivity contribution in [2.24, 2.45) is 0 Å². The number of nitrogens with zero attached hydrogens (tertiary/aromatic N) is 3. The van der Waals surface area contributed by atoms with E-state index in [1.165, 1.54) is 18.3 Å². The second-order valence-electron chi connectivity index (χ2n) is 7.93. The number of carbonyl (C=O) groups is 2. The summed E-state index contributed by atoms with van der Waals surface area (Å²) in [5.74, 6) is -0.160. The van der Waals surface area contributed by atoms with Gasteiger partial charge < -0.3 is 15.0 Å². The molecule has 8 heteroatoms. The fourth-order valence-electron chi connectivity index (χ4n) is 4.23. The minimum absolute atomic E-state index is 0.0182. The Labute approximate surface area is 190 Å². The first-order valence-corrected chi connectivity index (χ1v) is 11.6. The van der Waals surface area contributed by atoms with Crippen LogP contribution in [0.15, 0.2) is 60.0 Å². The maximum Gasteiger partial charge on any atom is 0.257 e. The van der Waals surface area contributed by atoms with Gasteiger partial charge in [0.25, 0.3) is 5.91 Å². The molecule has 3 heterocycles. The van der Waals surface area contributed by atoms with E-state index in [9.17, 15) is 9.59 Å². The molecule has 0 spiro atoms. The molecular formula is C24H24N4O3S. The Kier molecular flexibility index (Phi) is 5.63. The molecule has 2 aromatic carbocycles. The number of hydrogen-bond donors (Lipinski definition) is 1. The summed E-state index contributed by atoms with van der Waals surface area (Å²) in [5.41, 5.74) is 2.89. The molecule has 2 aliphatic heterocycles. The zero-order valence-corrected chi connectivity index (χ0v) is 18.5. The van der Waals surface area contributed by atoms with Crippen molar-refractivity contribution in [3.63, 3.8) is 0 Å². The molecule has 2 amide bonds. The van der Waals surface area contributed by atoms with Gasteiger partial charge in [0.15, 0.2) is 5.13 Å². The average Bonchev–Trinajstić information content (AvgIpc) is 3.49. The maximum atomic E-state index is 13.4. The van der Waals surface area contributed by atoms with E-state index in [0.717, 1.165) is 30.8 Å². The van der Waals surface area contributed by atoms with Gasteiger partial charge in [0.2, 0.25) is 5.91 Å². The quantitative estimate of drug-likeness (QED) is 0.619. The molecule has 2 atom stereocenters. The van der Waals surface area contributed by atoms with Crippen LogP contribution in [0.4, 0.5) is 16.5 Å². The Morgan fingerprint density at radius 1 is 1.22 bits per heavy atom. The summed E-state index contributed by atoms with van der Waals surface area (Å²) in [6.07, 6.45) is 1.53. The van der Waals surface area contributed by atoms with Crippen LogP contribution in [0.5, 0.6) is 0 Å². The van der Waals surface area contributed by atoms with Gasteiger partial charge in [-0.15, -0.1) is 11.3 Å². The number of para-hydroxylation sites is 2. The summed E-state index contributed by atoms with van der Waals surface area (Å²) in [5, 5.41) is 5.96. The Balaban J connectivity index is 1.50. The van der Waals surface area contributed by atoms with E-state index >= 15 is 0 Å². The van der Waals surface area contributed by atoms with Crippen LogP contribution in [0.25, 0.3) is 0 Å². The van der Waals surface area contributed by atoms with Gasteiger partial charge in [-0.2, -0.15) is 0 Å². The number of fused-ring (bicyclic) bond motifs is 1. The number of thiazole rings is 1. The van der Waals surface area contributed by atoms with Gasteiger partial charge in [0.1, 0.15) is 6.17 Å². The number of nitrogens with one attached hydrogen (secondary N) is 1. The van der Waals surface area contributed by atoms with Crippen molar-refractivity contribution in [1.29, 1.82) is 0 Å². The lowest BCUT2D eigenvalue weighted by Gasteiger charge is -2.38. The highest BCUT2D eigenvalue weighted by atomic mass is 32.1. The van der Waals surface area contributed by atoms with Crippen molar-refractivity contribution < 1.29 is 14.3 Å². The van der Waals surface area contributed by atoms with Crippen LogP contribution in [0.2, 0.25) is 0 Å². The summed E-state index contributed by atoms with van der Waals surface area (Å²) < 4.78 is 5.82. The standard InChI is InChI=1S/C24H24N4O3S/c1-16(29)28(17-8-3-2-4-9-17)24-26-21(15-32-24)22-25-20-12-6-5-11-19(20)23(30)27(22)14-18-10-7-13-31-18/h2-6,8-9,11-12,15,18,22,25H,7,10,13-14H2,1H3. The molecular weight excluding hydrogens is 424 g/mol. The van der Waals surface area contributed by atoms with E-state index in [1.807, 2.05) is 60.0 Å². The third kappa shape index (κ3) is 3.87. The van der Waals surface area contributed by atoms with E-state index < -0.39 is 6.17 Å². The predicted molar refractivity (Wildman–Crippen MR) is 124 cm³/mol. The first kappa shape index (κ1) is 20.7. The van der Waals surface area contributed by atoms with Gasteiger partial charge in [0, 0.05) is 31.1 Å². The van der Waals surface area contributed by atoms with Gasteiger partial charge in [-0.25, -0.2) is 4.98 Å². The zero-order valence-electron chi connectivity index (χ0n) is 17.7. The molecule has 2 aliphatic rings. The van der Waals surface area contributed by atoms with Crippen LogP contribution in [0.1, 0.15) is 42.0 Å². The minimum Gasteiger partial charge on any atom is -0.376 e.